The van der Waals surface area contributed by atoms with E-state index in [1.165, 1.54) is 11.1 Å². The predicted octanol–water partition coefficient (Wildman–Crippen LogP) is 12.5. The highest BCUT2D eigenvalue weighted by Crippen LogP contribution is 2.55. The minimum absolute atomic E-state index is 0.851. The van der Waals surface area contributed by atoms with Crippen LogP contribution in [0.5, 0.6) is 0 Å². The van der Waals surface area contributed by atoms with Crippen molar-refractivity contribution in [1.82, 2.24) is 9.55 Å². The van der Waals surface area contributed by atoms with Gasteiger partial charge in [0.15, 0.2) is 7.14 Å². The van der Waals surface area contributed by atoms with Crippen molar-refractivity contribution in [3.8, 4) is 61.6 Å². The summed E-state index contributed by atoms with van der Waals surface area (Å²) in [6.45, 7) is 0. The Kier molecular flexibility index (Phi) is 7.77. The molecule has 268 valence electrons. The molecule has 8 aromatic carbocycles. The fourth-order valence-corrected chi connectivity index (χ4v) is 11.8. The first-order valence-corrected chi connectivity index (χ1v) is 21.0. The third-order valence-corrected chi connectivity index (χ3v) is 14.6. The zero-order valence-corrected chi connectivity index (χ0v) is 31.9. The van der Waals surface area contributed by atoms with Gasteiger partial charge in [0.25, 0.3) is 0 Å². The normalized spacial score (nSPS) is 14.5. The van der Waals surface area contributed by atoms with Crippen LogP contribution >= 0.6 is 7.14 Å². The second kappa shape index (κ2) is 13.3. The Morgan fingerprint density at radius 3 is 1.51 bits per heavy atom. The number of rotatable bonds is 6. The van der Waals surface area contributed by atoms with Gasteiger partial charge < -0.3 is 9.13 Å². The van der Waals surface area contributed by atoms with Crippen LogP contribution in [-0.2, 0) is 4.57 Å². The van der Waals surface area contributed by atoms with Crippen LogP contribution in [0.15, 0.2) is 212 Å². The summed E-state index contributed by atoms with van der Waals surface area (Å²) in [5.74, 6) is 0. The summed E-state index contributed by atoms with van der Waals surface area (Å²) in [6, 6.07) is 74.0. The zero-order chi connectivity index (χ0) is 37.9. The molecule has 1 aliphatic heterocycles. The highest BCUT2D eigenvalue weighted by molar-refractivity contribution is 7.86. The predicted molar refractivity (Wildman–Crippen MR) is 239 cm³/mol. The molecule has 0 radical (unpaired) electrons. The lowest BCUT2D eigenvalue weighted by atomic mass is 10.0. The minimum Gasteiger partial charge on any atom is -0.309 e. The number of hydrogen-bond donors (Lipinski definition) is 0. The van der Waals surface area contributed by atoms with Gasteiger partial charge in [-0.1, -0.05) is 188 Å². The Morgan fingerprint density at radius 2 is 0.895 bits per heavy atom. The maximum Gasteiger partial charge on any atom is 0.172 e. The smallest absolute Gasteiger partial charge is 0.172 e. The molecule has 0 N–H and O–H groups in total. The van der Waals surface area contributed by atoms with Crippen molar-refractivity contribution in [2.24, 2.45) is 0 Å². The molecule has 0 fully saturated rings. The second-order valence-electron chi connectivity index (χ2n) is 14.7. The van der Waals surface area contributed by atoms with Crippen molar-refractivity contribution in [1.29, 1.82) is 0 Å². The quantitative estimate of drug-likeness (QED) is 0.159. The molecular formula is C53H35N2OP. The van der Waals surface area contributed by atoms with E-state index in [2.05, 4.69) is 168 Å². The average Bonchev–Trinajstić information content (AvgIpc) is 3.77. The molecule has 11 rings (SSSR count). The van der Waals surface area contributed by atoms with Gasteiger partial charge in [-0.2, -0.15) is 0 Å². The highest BCUT2D eigenvalue weighted by atomic mass is 31.2. The van der Waals surface area contributed by atoms with Gasteiger partial charge in [0.1, 0.15) is 0 Å². The van der Waals surface area contributed by atoms with Crippen molar-refractivity contribution >= 4 is 44.9 Å². The van der Waals surface area contributed by atoms with E-state index >= 15 is 4.57 Å². The van der Waals surface area contributed by atoms with Crippen LogP contribution in [0.4, 0.5) is 0 Å². The van der Waals surface area contributed by atoms with Crippen LogP contribution in [0.25, 0.3) is 83.4 Å². The van der Waals surface area contributed by atoms with E-state index in [0.717, 1.165) is 88.2 Å². The maximum absolute atomic E-state index is 15.7. The van der Waals surface area contributed by atoms with Gasteiger partial charge in [0, 0.05) is 43.4 Å². The van der Waals surface area contributed by atoms with Gasteiger partial charge in [-0.25, -0.2) is 4.98 Å². The summed E-state index contributed by atoms with van der Waals surface area (Å²) in [6.07, 6.45) is 0. The topological polar surface area (TPSA) is 34.9 Å². The number of aromatic nitrogens is 2. The van der Waals surface area contributed by atoms with Crippen molar-refractivity contribution < 1.29 is 4.57 Å². The molecule has 4 heteroatoms. The lowest BCUT2D eigenvalue weighted by Gasteiger charge is -2.17. The standard InChI is InChI=1S/C53H35N2OP/c56-57(43-18-8-3-9-19-43)50-23-13-11-21-46(50)52-51(57)33-32-45-44-20-10-12-22-49(44)55(53(45)52)42-34-47(40-28-24-38(25-29-40)36-14-4-1-5-15-36)54-48(35-42)41-30-26-39(27-31-41)37-16-6-2-7-17-37/h1-35H. The molecule has 0 saturated heterocycles. The van der Waals surface area contributed by atoms with Crippen molar-refractivity contribution in [2.45, 2.75) is 0 Å². The number of nitrogens with zero attached hydrogens (tertiary/aromatic N) is 2. The minimum atomic E-state index is -3.16. The average molecular weight is 747 g/mol. The first-order valence-electron chi connectivity index (χ1n) is 19.3. The molecule has 0 spiro atoms. The Balaban J connectivity index is 1.18. The maximum atomic E-state index is 15.7. The van der Waals surface area contributed by atoms with Crippen LogP contribution in [0, 0.1) is 0 Å². The molecule has 2 aromatic heterocycles. The van der Waals surface area contributed by atoms with Crippen LogP contribution in [-0.4, -0.2) is 9.55 Å². The third-order valence-electron chi connectivity index (χ3n) is 11.4. The van der Waals surface area contributed by atoms with Crippen LogP contribution in [0.2, 0.25) is 0 Å². The summed E-state index contributed by atoms with van der Waals surface area (Å²) in [4.78, 5) is 5.36. The number of para-hydroxylation sites is 1. The molecule has 0 bridgehead atoms. The Hall–Kier alpha value is -7.06. The summed E-state index contributed by atoms with van der Waals surface area (Å²) in [7, 11) is -3.16. The van der Waals surface area contributed by atoms with Crippen LogP contribution in [0.3, 0.4) is 0 Å². The van der Waals surface area contributed by atoms with E-state index < -0.39 is 7.14 Å². The van der Waals surface area contributed by atoms with Gasteiger partial charge in [0.2, 0.25) is 0 Å². The van der Waals surface area contributed by atoms with Crippen molar-refractivity contribution in [3.05, 3.63) is 212 Å². The number of pyridine rings is 1. The fraction of sp³-hybridized carbons (Fsp3) is 0. The molecular weight excluding hydrogens is 712 g/mol. The van der Waals surface area contributed by atoms with E-state index in [-0.39, 0.29) is 0 Å². The first kappa shape index (κ1) is 33.3. The summed E-state index contributed by atoms with van der Waals surface area (Å²) in [5.41, 5.74) is 13.7. The molecule has 1 unspecified atom stereocenters. The van der Waals surface area contributed by atoms with E-state index in [1.807, 2.05) is 48.5 Å². The monoisotopic (exact) mass is 746 g/mol. The Bertz CT molecular complexity index is 3070. The van der Waals surface area contributed by atoms with Gasteiger partial charge in [-0.15, -0.1) is 0 Å². The molecule has 0 amide bonds. The Morgan fingerprint density at radius 1 is 0.404 bits per heavy atom. The molecule has 1 aliphatic rings. The van der Waals surface area contributed by atoms with E-state index in [9.17, 15) is 0 Å². The lowest BCUT2D eigenvalue weighted by Crippen LogP contribution is -2.20. The molecule has 57 heavy (non-hydrogen) atoms. The first-order chi connectivity index (χ1) is 28.1. The fourth-order valence-electron chi connectivity index (χ4n) is 8.72. The summed E-state index contributed by atoms with van der Waals surface area (Å²) >= 11 is 0. The number of fused-ring (bicyclic) bond motifs is 7. The van der Waals surface area contributed by atoms with Crippen LogP contribution in [0.1, 0.15) is 0 Å². The highest BCUT2D eigenvalue weighted by Gasteiger charge is 2.41. The molecule has 0 aliphatic carbocycles. The molecule has 3 heterocycles. The molecule has 0 saturated carbocycles. The van der Waals surface area contributed by atoms with E-state index in [4.69, 9.17) is 4.98 Å². The van der Waals surface area contributed by atoms with E-state index in [1.54, 1.807) is 0 Å². The second-order valence-corrected chi connectivity index (χ2v) is 17.4. The van der Waals surface area contributed by atoms with Gasteiger partial charge in [-0.05, 0) is 52.1 Å². The third kappa shape index (κ3) is 5.35. The summed E-state index contributed by atoms with van der Waals surface area (Å²) < 4.78 is 18.1. The van der Waals surface area contributed by atoms with Gasteiger partial charge >= 0.3 is 0 Å². The SMILES string of the molecule is O=P1(c2ccccc2)c2ccccc2-c2c1ccc1c3ccccc3n(-c3cc(-c4ccc(-c5ccccc5)cc4)nc(-c4ccc(-c5ccccc5)cc4)c3)c21. The number of benzene rings is 8. The lowest BCUT2D eigenvalue weighted by molar-refractivity contribution is 0.593. The van der Waals surface area contributed by atoms with Crippen molar-refractivity contribution in [3.63, 3.8) is 0 Å². The van der Waals surface area contributed by atoms with Crippen LogP contribution < -0.4 is 15.9 Å². The van der Waals surface area contributed by atoms with Gasteiger partial charge in [0.05, 0.1) is 28.1 Å². The number of hydrogen-bond acceptors (Lipinski definition) is 2. The molecule has 1 atom stereocenters. The largest absolute Gasteiger partial charge is 0.309 e. The summed E-state index contributed by atoms with van der Waals surface area (Å²) in [5, 5.41) is 4.90. The Labute approximate surface area is 331 Å². The van der Waals surface area contributed by atoms with Gasteiger partial charge in [-0.3, -0.25) is 0 Å². The molecule has 10 aromatic rings. The van der Waals surface area contributed by atoms with E-state index in [0.29, 0.717) is 0 Å². The molecule has 3 nitrogen and oxygen atoms in total. The zero-order valence-electron chi connectivity index (χ0n) is 31.0. The van der Waals surface area contributed by atoms with Crippen molar-refractivity contribution in [2.75, 3.05) is 0 Å².